The summed E-state index contributed by atoms with van der Waals surface area (Å²) in [6, 6.07) is 4.90. The van der Waals surface area contributed by atoms with Gasteiger partial charge in [0.25, 0.3) is 5.91 Å². The number of sulfonamides is 1. The van der Waals surface area contributed by atoms with Crippen LogP contribution in [0.4, 0.5) is 13.2 Å². The number of amides is 1. The van der Waals surface area contributed by atoms with Gasteiger partial charge in [0.05, 0.1) is 22.3 Å². The van der Waals surface area contributed by atoms with Gasteiger partial charge >= 0.3 is 6.18 Å². The van der Waals surface area contributed by atoms with E-state index in [1.807, 2.05) is 0 Å². The molecule has 1 saturated heterocycles. The number of rotatable bonds is 3. The minimum Gasteiger partial charge on any atom is -0.472 e. The van der Waals surface area contributed by atoms with Gasteiger partial charge in [0.1, 0.15) is 6.26 Å². The average molecular weight is 388 g/mol. The van der Waals surface area contributed by atoms with Crippen molar-refractivity contribution in [3.8, 4) is 0 Å². The molecule has 1 aliphatic heterocycles. The first kappa shape index (κ1) is 18.5. The van der Waals surface area contributed by atoms with E-state index in [2.05, 4.69) is 0 Å². The molecule has 0 aliphatic carbocycles. The zero-order valence-corrected chi connectivity index (χ0v) is 14.3. The molecule has 1 aliphatic rings. The van der Waals surface area contributed by atoms with Crippen LogP contribution in [0.1, 0.15) is 15.9 Å². The van der Waals surface area contributed by atoms with Crippen molar-refractivity contribution in [2.24, 2.45) is 0 Å². The highest BCUT2D eigenvalue weighted by atomic mass is 32.2. The van der Waals surface area contributed by atoms with E-state index in [1.165, 1.54) is 23.5 Å². The molecule has 0 saturated carbocycles. The summed E-state index contributed by atoms with van der Waals surface area (Å²) in [5, 5.41) is 0. The van der Waals surface area contributed by atoms with Gasteiger partial charge in [0, 0.05) is 26.2 Å². The lowest BCUT2D eigenvalue weighted by molar-refractivity contribution is -0.137. The number of hydrogen-bond acceptors (Lipinski definition) is 4. The molecule has 2 heterocycles. The molecular weight excluding hydrogens is 373 g/mol. The molecule has 0 bridgehead atoms. The van der Waals surface area contributed by atoms with Crippen LogP contribution in [0.15, 0.2) is 52.2 Å². The van der Waals surface area contributed by atoms with Crippen LogP contribution in [0.25, 0.3) is 0 Å². The predicted octanol–water partition coefficient (Wildman–Crippen LogP) is 2.45. The fourth-order valence-electron chi connectivity index (χ4n) is 2.67. The van der Waals surface area contributed by atoms with Gasteiger partial charge in [-0.2, -0.15) is 17.5 Å². The number of nitrogens with zero attached hydrogens (tertiary/aromatic N) is 2. The monoisotopic (exact) mass is 388 g/mol. The molecule has 2 aromatic rings. The quantitative estimate of drug-likeness (QED) is 0.810. The van der Waals surface area contributed by atoms with E-state index < -0.39 is 21.8 Å². The van der Waals surface area contributed by atoms with Gasteiger partial charge in [0.15, 0.2) is 0 Å². The third-order valence-electron chi connectivity index (χ3n) is 4.11. The highest BCUT2D eigenvalue weighted by Crippen LogP contribution is 2.30. The molecule has 0 radical (unpaired) electrons. The second-order valence-electron chi connectivity index (χ2n) is 5.73. The topological polar surface area (TPSA) is 70.8 Å². The average Bonchev–Trinajstić information content (AvgIpc) is 3.15. The van der Waals surface area contributed by atoms with Crippen molar-refractivity contribution in [3.05, 3.63) is 54.0 Å². The number of halogens is 3. The van der Waals surface area contributed by atoms with Gasteiger partial charge in [-0.25, -0.2) is 8.42 Å². The van der Waals surface area contributed by atoms with Gasteiger partial charge in [-0.3, -0.25) is 4.79 Å². The Kier molecular flexibility index (Phi) is 4.80. The molecule has 0 atom stereocenters. The van der Waals surface area contributed by atoms with Crippen LogP contribution in [-0.2, 0) is 16.2 Å². The maximum Gasteiger partial charge on any atom is 0.416 e. The summed E-state index contributed by atoms with van der Waals surface area (Å²) < 4.78 is 69.0. The number of benzene rings is 1. The number of alkyl halides is 3. The minimum absolute atomic E-state index is 0.0624. The van der Waals surface area contributed by atoms with E-state index >= 15 is 0 Å². The third kappa shape index (κ3) is 3.61. The van der Waals surface area contributed by atoms with E-state index in [-0.39, 0.29) is 37.0 Å². The summed E-state index contributed by atoms with van der Waals surface area (Å²) in [5.74, 6) is -0.259. The largest absolute Gasteiger partial charge is 0.472 e. The number of carbonyl (C=O) groups is 1. The Bertz CT molecular complexity index is 869. The van der Waals surface area contributed by atoms with Crippen molar-refractivity contribution in [2.45, 2.75) is 11.1 Å². The molecule has 0 N–H and O–H groups in total. The second-order valence-corrected chi connectivity index (χ2v) is 7.67. The first-order valence-electron chi connectivity index (χ1n) is 7.68. The van der Waals surface area contributed by atoms with Crippen LogP contribution in [0.5, 0.6) is 0 Å². The minimum atomic E-state index is -4.53. The lowest BCUT2D eigenvalue weighted by Gasteiger charge is -2.33. The Hall–Kier alpha value is -2.33. The van der Waals surface area contributed by atoms with E-state index in [0.717, 1.165) is 28.6 Å². The Balaban J connectivity index is 1.69. The van der Waals surface area contributed by atoms with E-state index in [4.69, 9.17) is 4.42 Å². The zero-order chi connectivity index (χ0) is 18.9. The summed E-state index contributed by atoms with van der Waals surface area (Å²) in [4.78, 5) is 13.5. The Morgan fingerprint density at radius 2 is 1.62 bits per heavy atom. The first-order valence-corrected chi connectivity index (χ1v) is 9.12. The molecule has 10 heteroatoms. The molecule has 0 spiro atoms. The number of carbonyl (C=O) groups excluding carboxylic acids is 1. The van der Waals surface area contributed by atoms with Gasteiger partial charge in [0.2, 0.25) is 10.0 Å². The molecule has 1 aromatic carbocycles. The smallest absolute Gasteiger partial charge is 0.416 e. The van der Waals surface area contributed by atoms with Gasteiger partial charge in [-0.05, 0) is 30.3 Å². The van der Waals surface area contributed by atoms with Crippen LogP contribution in [0.3, 0.4) is 0 Å². The molecule has 140 valence electrons. The van der Waals surface area contributed by atoms with Crippen molar-refractivity contribution in [1.29, 1.82) is 0 Å². The Labute approximate surface area is 147 Å². The zero-order valence-electron chi connectivity index (χ0n) is 13.4. The maximum absolute atomic E-state index is 12.6. The Morgan fingerprint density at radius 3 is 2.12 bits per heavy atom. The molecule has 1 fully saturated rings. The second kappa shape index (κ2) is 6.76. The van der Waals surface area contributed by atoms with Crippen LogP contribution >= 0.6 is 0 Å². The fraction of sp³-hybridized carbons (Fsp3) is 0.312. The molecule has 3 rings (SSSR count). The standard InChI is InChI=1S/C16H15F3N2O4S/c17-16(18,19)13-1-3-14(4-2-13)26(23,24)21-8-6-20(7-9-21)15(22)12-5-10-25-11-12/h1-5,10-11H,6-9H2. The van der Waals surface area contributed by atoms with Gasteiger partial charge in [-0.1, -0.05) is 0 Å². The third-order valence-corrected chi connectivity index (χ3v) is 6.03. The van der Waals surface area contributed by atoms with Crippen molar-refractivity contribution >= 4 is 15.9 Å². The summed E-state index contributed by atoms with van der Waals surface area (Å²) in [6.07, 6.45) is -1.84. The van der Waals surface area contributed by atoms with Crippen LogP contribution in [0, 0.1) is 0 Å². The van der Waals surface area contributed by atoms with Crippen LogP contribution in [-0.4, -0.2) is 49.7 Å². The predicted molar refractivity (Wildman–Crippen MR) is 84.8 cm³/mol. The number of hydrogen-bond donors (Lipinski definition) is 0. The molecular formula is C16H15F3N2O4S. The van der Waals surface area contributed by atoms with Crippen molar-refractivity contribution in [1.82, 2.24) is 9.21 Å². The molecule has 1 aromatic heterocycles. The maximum atomic E-state index is 12.6. The lowest BCUT2D eigenvalue weighted by Crippen LogP contribution is -2.50. The molecule has 6 nitrogen and oxygen atoms in total. The number of piperazine rings is 1. The number of furan rings is 1. The summed E-state index contributed by atoms with van der Waals surface area (Å²) in [6.45, 7) is 0.494. The van der Waals surface area contributed by atoms with Crippen molar-refractivity contribution in [2.75, 3.05) is 26.2 Å². The van der Waals surface area contributed by atoms with Crippen LogP contribution < -0.4 is 0 Å². The fourth-order valence-corrected chi connectivity index (χ4v) is 4.09. The van der Waals surface area contributed by atoms with Crippen molar-refractivity contribution < 1.29 is 30.8 Å². The summed E-state index contributed by atoms with van der Waals surface area (Å²) >= 11 is 0. The van der Waals surface area contributed by atoms with Crippen LogP contribution in [0.2, 0.25) is 0 Å². The summed E-state index contributed by atoms with van der Waals surface area (Å²) in [5.41, 5.74) is -0.531. The SMILES string of the molecule is O=C(c1ccoc1)N1CCN(S(=O)(=O)c2ccc(C(F)(F)F)cc2)CC1. The highest BCUT2D eigenvalue weighted by Gasteiger charge is 2.33. The molecule has 1 amide bonds. The normalized spacial score (nSPS) is 16.7. The van der Waals surface area contributed by atoms with Crippen molar-refractivity contribution in [3.63, 3.8) is 0 Å². The Morgan fingerprint density at radius 1 is 1.00 bits per heavy atom. The molecule has 0 unspecified atom stereocenters. The van der Waals surface area contributed by atoms with Gasteiger partial charge in [-0.15, -0.1) is 0 Å². The van der Waals surface area contributed by atoms with E-state index in [1.54, 1.807) is 0 Å². The summed E-state index contributed by atoms with van der Waals surface area (Å²) in [7, 11) is -3.92. The first-order chi connectivity index (χ1) is 12.2. The lowest BCUT2D eigenvalue weighted by atomic mass is 10.2. The molecule has 26 heavy (non-hydrogen) atoms. The van der Waals surface area contributed by atoms with Gasteiger partial charge < -0.3 is 9.32 Å². The van der Waals surface area contributed by atoms with E-state index in [9.17, 15) is 26.4 Å². The highest BCUT2D eigenvalue weighted by molar-refractivity contribution is 7.89. The van der Waals surface area contributed by atoms with E-state index in [0.29, 0.717) is 5.56 Å².